The number of carbonyl (C=O) groups excluding carboxylic acids is 2. The maximum Gasteiger partial charge on any atom is 0.237 e. The van der Waals surface area contributed by atoms with Gasteiger partial charge in [-0.15, -0.1) is 0 Å². The zero-order chi connectivity index (χ0) is 17.7. The van der Waals surface area contributed by atoms with Crippen LogP contribution in [-0.4, -0.2) is 60.9 Å². The highest BCUT2D eigenvalue weighted by atomic mass is 16.5. The van der Waals surface area contributed by atoms with Crippen molar-refractivity contribution in [2.45, 2.75) is 38.9 Å². The average Bonchev–Trinajstić information content (AvgIpc) is 2.57. The molecule has 2 rings (SSSR count). The third-order valence-corrected chi connectivity index (χ3v) is 4.54. The molecule has 1 aliphatic rings. The van der Waals surface area contributed by atoms with Crippen molar-refractivity contribution in [1.29, 1.82) is 0 Å². The summed E-state index contributed by atoms with van der Waals surface area (Å²) in [7, 11) is 3.42. The molecule has 0 saturated carbocycles. The molecule has 0 aromatic heterocycles. The summed E-state index contributed by atoms with van der Waals surface area (Å²) >= 11 is 0. The van der Waals surface area contributed by atoms with Gasteiger partial charge in [-0.1, -0.05) is 18.2 Å². The van der Waals surface area contributed by atoms with Crippen molar-refractivity contribution >= 4 is 11.8 Å². The first kappa shape index (κ1) is 18.3. The monoisotopic (exact) mass is 333 g/mol. The molecule has 1 aromatic rings. The van der Waals surface area contributed by atoms with Crippen LogP contribution >= 0.6 is 0 Å². The van der Waals surface area contributed by atoms with Crippen molar-refractivity contribution in [2.24, 2.45) is 0 Å². The Bertz CT molecular complexity index is 589. The number of piperazine rings is 1. The van der Waals surface area contributed by atoms with E-state index in [1.807, 2.05) is 38.1 Å². The van der Waals surface area contributed by atoms with Crippen molar-refractivity contribution < 1.29 is 14.3 Å². The molecule has 1 heterocycles. The number of methoxy groups -OCH3 is 1. The quantitative estimate of drug-likeness (QED) is 0.851. The van der Waals surface area contributed by atoms with Crippen molar-refractivity contribution in [2.75, 3.05) is 27.2 Å². The minimum absolute atomic E-state index is 0.0166. The molecule has 1 fully saturated rings. The largest absolute Gasteiger partial charge is 0.496 e. The maximum absolute atomic E-state index is 12.4. The van der Waals surface area contributed by atoms with Gasteiger partial charge < -0.3 is 15.0 Å². The van der Waals surface area contributed by atoms with Crippen LogP contribution in [0.4, 0.5) is 0 Å². The Morgan fingerprint density at radius 2 is 2.12 bits per heavy atom. The summed E-state index contributed by atoms with van der Waals surface area (Å²) in [5.74, 6) is 0.701. The molecule has 1 saturated heterocycles. The fraction of sp³-hybridized carbons (Fsp3) is 0.556. The van der Waals surface area contributed by atoms with Crippen LogP contribution in [0.2, 0.25) is 0 Å². The van der Waals surface area contributed by atoms with Gasteiger partial charge in [-0.05, 0) is 19.9 Å². The molecule has 1 atom stereocenters. The van der Waals surface area contributed by atoms with Gasteiger partial charge in [0, 0.05) is 38.3 Å². The molecule has 2 amide bonds. The summed E-state index contributed by atoms with van der Waals surface area (Å²) in [5, 5.41) is 2.87. The summed E-state index contributed by atoms with van der Waals surface area (Å²) < 4.78 is 5.40. The lowest BCUT2D eigenvalue weighted by Crippen LogP contribution is -2.56. The van der Waals surface area contributed by atoms with Crippen LogP contribution in [0.3, 0.4) is 0 Å². The topological polar surface area (TPSA) is 61.9 Å². The highest BCUT2D eigenvalue weighted by Crippen LogP contribution is 2.22. The second-order valence-electron chi connectivity index (χ2n) is 6.39. The Balaban J connectivity index is 2.14. The molecular formula is C18H27N3O3. The molecule has 6 heteroatoms. The second kappa shape index (κ2) is 8.15. The van der Waals surface area contributed by atoms with E-state index >= 15 is 0 Å². The fourth-order valence-corrected chi connectivity index (χ4v) is 2.82. The normalized spacial score (nSPS) is 18.4. The highest BCUT2D eigenvalue weighted by molar-refractivity contribution is 5.88. The lowest BCUT2D eigenvalue weighted by atomic mass is 10.1. The van der Waals surface area contributed by atoms with Crippen LogP contribution in [0.1, 0.15) is 25.8 Å². The number of nitrogens with zero attached hydrogens (tertiary/aromatic N) is 2. The van der Waals surface area contributed by atoms with E-state index in [0.29, 0.717) is 19.6 Å². The molecule has 1 aromatic carbocycles. The number of hydrogen-bond donors (Lipinski definition) is 1. The first-order valence-corrected chi connectivity index (χ1v) is 8.33. The zero-order valence-corrected chi connectivity index (χ0v) is 14.9. The molecule has 132 valence electrons. The van der Waals surface area contributed by atoms with Crippen LogP contribution in [0, 0.1) is 0 Å². The predicted octanol–water partition coefficient (Wildman–Crippen LogP) is 1.25. The highest BCUT2D eigenvalue weighted by Gasteiger charge is 2.33. The number of nitrogens with one attached hydrogen (secondary N) is 1. The van der Waals surface area contributed by atoms with E-state index in [-0.39, 0.29) is 24.3 Å². The number of hydrogen-bond acceptors (Lipinski definition) is 4. The summed E-state index contributed by atoms with van der Waals surface area (Å²) in [6, 6.07) is 7.44. The Kier molecular flexibility index (Phi) is 6.20. The number of carbonyl (C=O) groups is 2. The molecule has 0 radical (unpaired) electrons. The van der Waals surface area contributed by atoms with Gasteiger partial charge in [-0.3, -0.25) is 14.5 Å². The molecule has 0 spiro atoms. The number of benzene rings is 1. The van der Waals surface area contributed by atoms with Gasteiger partial charge in [0.2, 0.25) is 11.8 Å². The second-order valence-corrected chi connectivity index (χ2v) is 6.39. The van der Waals surface area contributed by atoms with Gasteiger partial charge in [0.1, 0.15) is 5.75 Å². The number of rotatable bonds is 6. The number of amides is 2. The van der Waals surface area contributed by atoms with Crippen molar-refractivity contribution in [3.05, 3.63) is 29.8 Å². The molecule has 1 aliphatic heterocycles. The van der Waals surface area contributed by atoms with E-state index in [1.165, 1.54) is 0 Å². The number of ether oxygens (including phenoxy) is 1. The number of para-hydroxylation sites is 1. The zero-order valence-electron chi connectivity index (χ0n) is 14.9. The third kappa shape index (κ3) is 4.26. The van der Waals surface area contributed by atoms with Crippen LogP contribution in [0.15, 0.2) is 24.3 Å². The minimum Gasteiger partial charge on any atom is -0.496 e. The molecule has 0 unspecified atom stereocenters. The van der Waals surface area contributed by atoms with E-state index in [0.717, 1.165) is 11.3 Å². The molecule has 0 aliphatic carbocycles. The lowest BCUT2D eigenvalue weighted by Gasteiger charge is -2.36. The predicted molar refractivity (Wildman–Crippen MR) is 92.7 cm³/mol. The van der Waals surface area contributed by atoms with Crippen LogP contribution in [-0.2, 0) is 16.1 Å². The van der Waals surface area contributed by atoms with Crippen LogP contribution < -0.4 is 10.1 Å². The van der Waals surface area contributed by atoms with Crippen molar-refractivity contribution in [1.82, 2.24) is 15.1 Å². The average molecular weight is 333 g/mol. The Hall–Kier alpha value is -2.08. The van der Waals surface area contributed by atoms with Gasteiger partial charge in [-0.25, -0.2) is 0 Å². The fourth-order valence-electron chi connectivity index (χ4n) is 2.82. The molecule has 0 bridgehead atoms. The first-order chi connectivity index (χ1) is 11.4. The van der Waals surface area contributed by atoms with Gasteiger partial charge in [0.05, 0.1) is 19.6 Å². The molecular weight excluding hydrogens is 306 g/mol. The Labute approximate surface area is 143 Å². The Morgan fingerprint density at radius 1 is 1.42 bits per heavy atom. The van der Waals surface area contributed by atoms with E-state index in [9.17, 15) is 9.59 Å². The summed E-state index contributed by atoms with van der Waals surface area (Å²) in [5.41, 5.74) is 1.02. The molecule has 1 N–H and O–H groups in total. The van der Waals surface area contributed by atoms with E-state index in [4.69, 9.17) is 4.74 Å². The van der Waals surface area contributed by atoms with Gasteiger partial charge in [0.15, 0.2) is 0 Å². The lowest BCUT2D eigenvalue weighted by molar-refractivity contribution is -0.139. The van der Waals surface area contributed by atoms with E-state index < -0.39 is 6.04 Å². The van der Waals surface area contributed by atoms with Gasteiger partial charge >= 0.3 is 0 Å². The van der Waals surface area contributed by atoms with E-state index in [2.05, 4.69) is 10.2 Å². The molecule has 24 heavy (non-hydrogen) atoms. The first-order valence-electron chi connectivity index (χ1n) is 8.33. The summed E-state index contributed by atoms with van der Waals surface area (Å²) in [4.78, 5) is 28.5. The van der Waals surface area contributed by atoms with Crippen molar-refractivity contribution in [3.63, 3.8) is 0 Å². The van der Waals surface area contributed by atoms with Gasteiger partial charge in [-0.2, -0.15) is 0 Å². The SMILES string of the molecule is COc1ccccc1CN1CCNC(=O)[C@@H]1CC(=O)N(C)C(C)C. The maximum atomic E-state index is 12.4. The van der Waals surface area contributed by atoms with Crippen molar-refractivity contribution in [3.8, 4) is 5.75 Å². The summed E-state index contributed by atoms with van der Waals surface area (Å²) in [6.07, 6.45) is 0.190. The minimum atomic E-state index is -0.447. The summed E-state index contributed by atoms with van der Waals surface area (Å²) in [6.45, 7) is 5.82. The van der Waals surface area contributed by atoms with E-state index in [1.54, 1.807) is 19.1 Å². The molecule has 6 nitrogen and oxygen atoms in total. The smallest absolute Gasteiger partial charge is 0.237 e. The third-order valence-electron chi connectivity index (χ3n) is 4.54. The van der Waals surface area contributed by atoms with Crippen LogP contribution in [0.25, 0.3) is 0 Å². The standard InChI is InChI=1S/C18H27N3O3/c1-13(2)20(3)17(22)11-15-18(23)19-9-10-21(15)12-14-7-5-6-8-16(14)24-4/h5-8,13,15H,9-12H2,1-4H3,(H,19,23)/t15-/m0/s1. The van der Waals surface area contributed by atoms with Crippen LogP contribution in [0.5, 0.6) is 5.75 Å². The Morgan fingerprint density at radius 3 is 2.79 bits per heavy atom. The van der Waals surface area contributed by atoms with Gasteiger partial charge in [0.25, 0.3) is 0 Å².